The van der Waals surface area contributed by atoms with Crippen LogP contribution in [0.15, 0.2) is 11.6 Å². The zero-order chi connectivity index (χ0) is 30.0. The summed E-state index contributed by atoms with van der Waals surface area (Å²) in [6.07, 6.45) is 2.76. The lowest BCUT2D eigenvalue weighted by Gasteiger charge is -2.63. The lowest BCUT2D eigenvalue weighted by molar-refractivity contribution is -0.236. The maximum absolute atomic E-state index is 12.7. The van der Waals surface area contributed by atoms with Crippen molar-refractivity contribution < 1.29 is 49.3 Å². The van der Waals surface area contributed by atoms with Gasteiger partial charge in [-0.15, -0.1) is 0 Å². The van der Waals surface area contributed by atoms with Gasteiger partial charge in [-0.2, -0.15) is 0 Å². The van der Waals surface area contributed by atoms with Crippen molar-refractivity contribution in [3.8, 4) is 0 Å². The number of nitrogens with one attached hydrogen (secondary N) is 1. The Kier molecular flexibility index (Phi) is 8.03. The SMILES string of the molecule is C[C@]12CC[C@H](OC(=O)CNC3O[C@H](CO)[C@@H](O)[C@H](O)[C@H]3O)C[C@H]1CC[C@@H]1[C@@H]2CC[C@]2(C)[C@@H](C3=CC(=O)OC3)CC[C@]12O. The molecule has 1 unspecified atom stereocenters. The maximum atomic E-state index is 12.7. The first-order chi connectivity index (χ1) is 19.9. The fourth-order valence-electron chi connectivity index (χ4n) is 10.2. The van der Waals surface area contributed by atoms with Crippen LogP contribution in [0.1, 0.15) is 71.6 Å². The van der Waals surface area contributed by atoms with Crippen LogP contribution in [0, 0.1) is 34.5 Å². The Bertz CT molecular complexity index is 1100. The quantitative estimate of drug-likeness (QED) is 0.237. The Morgan fingerprint density at radius 3 is 2.52 bits per heavy atom. The van der Waals surface area contributed by atoms with Gasteiger partial charge in [-0.25, -0.2) is 4.79 Å². The van der Waals surface area contributed by atoms with Crippen LogP contribution >= 0.6 is 0 Å². The molecule has 1 saturated heterocycles. The second kappa shape index (κ2) is 11.1. The van der Waals surface area contributed by atoms with Gasteiger partial charge in [-0.3, -0.25) is 10.1 Å². The molecule has 236 valence electrons. The molecule has 4 saturated carbocycles. The Morgan fingerprint density at radius 1 is 1.02 bits per heavy atom. The third kappa shape index (κ3) is 4.74. The molecule has 0 aromatic carbocycles. The first kappa shape index (κ1) is 30.4. The first-order valence-corrected chi connectivity index (χ1v) is 15.7. The summed E-state index contributed by atoms with van der Waals surface area (Å²) in [5.41, 5.74) is 0.0691. The van der Waals surface area contributed by atoms with E-state index in [2.05, 4.69) is 19.2 Å². The molecule has 0 aromatic rings. The molecule has 0 aromatic heterocycles. The van der Waals surface area contributed by atoms with E-state index >= 15 is 0 Å². The molecule has 11 nitrogen and oxygen atoms in total. The molecule has 6 aliphatic rings. The highest BCUT2D eigenvalue weighted by molar-refractivity contribution is 5.85. The molecule has 0 bridgehead atoms. The normalized spacial score (nSPS) is 50.3. The predicted molar refractivity (Wildman–Crippen MR) is 147 cm³/mol. The van der Waals surface area contributed by atoms with Crippen molar-refractivity contribution in [1.82, 2.24) is 5.32 Å². The molecule has 6 rings (SSSR count). The van der Waals surface area contributed by atoms with E-state index in [1.165, 1.54) is 0 Å². The number of carbonyl (C=O) groups excluding carboxylic acids is 2. The highest BCUT2D eigenvalue weighted by Gasteiger charge is 2.67. The average Bonchev–Trinajstić information content (AvgIpc) is 3.51. The lowest BCUT2D eigenvalue weighted by atomic mass is 9.43. The molecule has 0 radical (unpaired) electrons. The number of aliphatic hydroxyl groups excluding tert-OH is 4. The number of hydrogen-bond acceptors (Lipinski definition) is 11. The molecule has 13 atom stereocenters. The summed E-state index contributed by atoms with van der Waals surface area (Å²) in [5.74, 6) is 0.408. The fraction of sp³-hybridized carbons (Fsp3) is 0.871. The van der Waals surface area contributed by atoms with Crippen LogP contribution in [0.25, 0.3) is 0 Å². The Morgan fingerprint density at radius 2 is 1.81 bits per heavy atom. The van der Waals surface area contributed by atoms with E-state index in [-0.39, 0.29) is 41.3 Å². The van der Waals surface area contributed by atoms with E-state index in [1.807, 2.05) is 0 Å². The second-order valence-electron chi connectivity index (χ2n) is 14.3. The number of hydrogen-bond donors (Lipinski definition) is 6. The van der Waals surface area contributed by atoms with E-state index in [9.17, 15) is 35.1 Å². The number of ether oxygens (including phenoxy) is 3. The standard InChI is InChI=1S/C31H47NO10/c1-29-8-5-18(41-24(35)13-32-28-27(38)26(37)25(36)22(14-33)42-28)12-17(29)3-4-21-20(29)6-9-30(2)19(7-10-31(21,30)39)16-11-23(34)40-15-16/h11,17-22,25-28,32-33,36-39H,3-10,12-15H2,1-2H3/t17-,18+,19-,20+,21-,22-,25-,26+,27-,28?,29+,30-,31+/m1/s1. The van der Waals surface area contributed by atoms with Crippen molar-refractivity contribution in [2.24, 2.45) is 34.5 Å². The van der Waals surface area contributed by atoms with E-state index in [4.69, 9.17) is 14.2 Å². The van der Waals surface area contributed by atoms with Crippen LogP contribution in [0.3, 0.4) is 0 Å². The predicted octanol–water partition coefficient (Wildman–Crippen LogP) is 0.545. The van der Waals surface area contributed by atoms with Crippen LogP contribution in [-0.2, 0) is 23.8 Å². The van der Waals surface area contributed by atoms with Crippen LogP contribution < -0.4 is 5.32 Å². The van der Waals surface area contributed by atoms with E-state index in [0.29, 0.717) is 18.4 Å². The number of aliphatic hydroxyl groups is 5. The van der Waals surface area contributed by atoms with Gasteiger partial charge in [0, 0.05) is 11.5 Å². The Balaban J connectivity index is 1.06. The summed E-state index contributed by atoms with van der Waals surface area (Å²) in [7, 11) is 0. The number of fused-ring (bicyclic) bond motifs is 5. The molecule has 0 amide bonds. The molecule has 42 heavy (non-hydrogen) atoms. The third-order valence-corrected chi connectivity index (χ3v) is 12.6. The summed E-state index contributed by atoms with van der Waals surface area (Å²) in [5, 5.41) is 54.6. The summed E-state index contributed by atoms with van der Waals surface area (Å²) in [4.78, 5) is 24.5. The van der Waals surface area contributed by atoms with Gasteiger partial charge in [-0.05, 0) is 92.4 Å². The van der Waals surface area contributed by atoms with Crippen LogP contribution in [0.5, 0.6) is 0 Å². The number of rotatable bonds is 6. The Hall–Kier alpha value is -1.60. The molecule has 6 N–H and O–H groups in total. The van der Waals surface area contributed by atoms with E-state index in [1.54, 1.807) is 6.08 Å². The first-order valence-electron chi connectivity index (χ1n) is 15.7. The minimum atomic E-state index is -1.51. The summed E-state index contributed by atoms with van der Waals surface area (Å²) in [6.45, 7) is 4.17. The molecular formula is C31H47NO10. The minimum Gasteiger partial charge on any atom is -0.461 e. The average molecular weight is 594 g/mol. The van der Waals surface area contributed by atoms with Gasteiger partial charge in [0.05, 0.1) is 18.8 Å². The summed E-state index contributed by atoms with van der Waals surface area (Å²) in [6, 6.07) is 0. The number of esters is 2. The van der Waals surface area contributed by atoms with Crippen LogP contribution in [-0.4, -0.2) is 99.6 Å². The zero-order valence-electron chi connectivity index (χ0n) is 24.6. The van der Waals surface area contributed by atoms with Crippen molar-refractivity contribution in [3.05, 3.63) is 11.6 Å². The van der Waals surface area contributed by atoms with Gasteiger partial charge in [0.1, 0.15) is 43.4 Å². The monoisotopic (exact) mass is 593 g/mol. The molecule has 0 spiro atoms. The van der Waals surface area contributed by atoms with Crippen LogP contribution in [0.4, 0.5) is 0 Å². The maximum Gasteiger partial charge on any atom is 0.331 e. The minimum absolute atomic E-state index is 0.0568. The molecule has 2 heterocycles. The molecule has 4 aliphatic carbocycles. The van der Waals surface area contributed by atoms with E-state index < -0.39 is 48.8 Å². The van der Waals surface area contributed by atoms with Gasteiger partial charge in [0.25, 0.3) is 0 Å². The Labute approximate surface area is 246 Å². The van der Waals surface area contributed by atoms with Crippen molar-refractivity contribution in [3.63, 3.8) is 0 Å². The summed E-state index contributed by atoms with van der Waals surface area (Å²) >= 11 is 0. The molecule has 11 heteroatoms. The van der Waals surface area contributed by atoms with Gasteiger partial charge in [0.15, 0.2) is 0 Å². The van der Waals surface area contributed by atoms with Gasteiger partial charge < -0.3 is 39.7 Å². The van der Waals surface area contributed by atoms with E-state index in [0.717, 1.165) is 63.4 Å². The number of carbonyl (C=O) groups is 2. The van der Waals surface area contributed by atoms with Crippen molar-refractivity contribution >= 4 is 11.9 Å². The van der Waals surface area contributed by atoms with Crippen LogP contribution in [0.2, 0.25) is 0 Å². The summed E-state index contributed by atoms with van der Waals surface area (Å²) < 4.78 is 16.5. The van der Waals surface area contributed by atoms with Crippen molar-refractivity contribution in [2.45, 2.75) is 114 Å². The molecule has 5 fully saturated rings. The van der Waals surface area contributed by atoms with Gasteiger partial charge in [-0.1, -0.05) is 13.8 Å². The highest BCUT2D eigenvalue weighted by atomic mass is 16.6. The van der Waals surface area contributed by atoms with Crippen molar-refractivity contribution in [2.75, 3.05) is 19.8 Å². The topological polar surface area (TPSA) is 175 Å². The molecular weight excluding hydrogens is 546 g/mol. The van der Waals surface area contributed by atoms with Gasteiger partial charge >= 0.3 is 11.9 Å². The fourth-order valence-corrected chi connectivity index (χ4v) is 10.2. The largest absolute Gasteiger partial charge is 0.461 e. The smallest absolute Gasteiger partial charge is 0.331 e. The van der Waals surface area contributed by atoms with Gasteiger partial charge in [0.2, 0.25) is 0 Å². The second-order valence-corrected chi connectivity index (χ2v) is 14.3. The third-order valence-electron chi connectivity index (χ3n) is 12.6. The zero-order valence-corrected chi connectivity index (χ0v) is 24.6. The number of cyclic esters (lactones) is 1. The molecule has 2 aliphatic heterocycles. The highest BCUT2D eigenvalue weighted by Crippen LogP contribution is 2.70. The van der Waals surface area contributed by atoms with Crippen molar-refractivity contribution in [1.29, 1.82) is 0 Å². The lowest BCUT2D eigenvalue weighted by Crippen LogP contribution is -2.63.